The maximum atomic E-state index is 11.6. The highest BCUT2D eigenvalue weighted by Crippen LogP contribution is 2.23. The van der Waals surface area contributed by atoms with Crippen LogP contribution >= 0.6 is 0 Å². The number of carbonyl (C=O) groups is 1. The van der Waals surface area contributed by atoms with E-state index in [1.54, 1.807) is 0 Å². The van der Waals surface area contributed by atoms with Gasteiger partial charge in [0.1, 0.15) is 5.60 Å². The number of ether oxygens (including phenoxy) is 1. The molecule has 0 bridgehead atoms. The average molecular weight is 327 g/mol. The third kappa shape index (κ3) is 5.12. The van der Waals surface area contributed by atoms with Gasteiger partial charge in [0.05, 0.1) is 6.33 Å². The summed E-state index contributed by atoms with van der Waals surface area (Å²) in [4.78, 5) is 15.8. The monoisotopic (exact) mass is 327 g/mol. The second kappa shape index (κ2) is 7.26. The Balaban J connectivity index is 1.83. The molecular formula is C15H25N3O3S. The van der Waals surface area contributed by atoms with Crippen LogP contribution in [-0.4, -0.2) is 43.5 Å². The van der Waals surface area contributed by atoms with E-state index in [1.165, 1.54) is 0 Å². The maximum Gasteiger partial charge on any atom is 0.407 e. The van der Waals surface area contributed by atoms with Crippen LogP contribution in [0.2, 0.25) is 0 Å². The molecule has 0 unspecified atom stereocenters. The van der Waals surface area contributed by atoms with Gasteiger partial charge in [0.15, 0.2) is 0 Å². The number of nitrogens with one attached hydrogen (secondary N) is 1. The summed E-state index contributed by atoms with van der Waals surface area (Å²) in [5.41, 5.74) is 0.609. The highest BCUT2D eigenvalue weighted by Gasteiger charge is 2.21. The van der Waals surface area contributed by atoms with E-state index < -0.39 is 22.5 Å². The van der Waals surface area contributed by atoms with Crippen molar-refractivity contribution in [1.82, 2.24) is 14.9 Å². The first kappa shape index (κ1) is 17.0. The molecule has 1 aliphatic heterocycles. The van der Waals surface area contributed by atoms with Crippen molar-refractivity contribution < 1.29 is 13.7 Å². The van der Waals surface area contributed by atoms with Crippen molar-refractivity contribution in [1.29, 1.82) is 0 Å². The first-order valence-corrected chi connectivity index (χ1v) is 9.16. The van der Waals surface area contributed by atoms with E-state index in [9.17, 15) is 9.00 Å². The van der Waals surface area contributed by atoms with Crippen molar-refractivity contribution in [2.24, 2.45) is 0 Å². The number of alkyl carbamates (subject to hydrolysis) is 1. The summed E-state index contributed by atoms with van der Waals surface area (Å²) in [7, 11) is -0.658. The van der Waals surface area contributed by atoms with Gasteiger partial charge in [-0.2, -0.15) is 0 Å². The van der Waals surface area contributed by atoms with Gasteiger partial charge in [-0.05, 0) is 33.6 Å². The molecule has 1 N–H and O–H groups in total. The molecule has 1 saturated heterocycles. The highest BCUT2D eigenvalue weighted by atomic mass is 32.2. The van der Waals surface area contributed by atoms with Crippen molar-refractivity contribution >= 4 is 16.9 Å². The molecule has 2 rings (SSSR count). The van der Waals surface area contributed by atoms with Gasteiger partial charge in [-0.15, -0.1) is 0 Å². The van der Waals surface area contributed by atoms with E-state index in [0.717, 1.165) is 30.0 Å². The van der Waals surface area contributed by atoms with Crippen LogP contribution < -0.4 is 5.32 Å². The quantitative estimate of drug-likeness (QED) is 0.918. The lowest BCUT2D eigenvalue weighted by molar-refractivity contribution is 0.0528. The minimum atomic E-state index is -0.658. The van der Waals surface area contributed by atoms with Crippen LogP contribution in [0.3, 0.4) is 0 Å². The Morgan fingerprint density at radius 2 is 2.14 bits per heavy atom. The molecule has 22 heavy (non-hydrogen) atoms. The molecule has 0 radical (unpaired) electrons. The van der Waals surface area contributed by atoms with Gasteiger partial charge in [-0.25, -0.2) is 9.78 Å². The molecule has 0 atom stereocenters. The number of hydrogen-bond donors (Lipinski definition) is 1. The van der Waals surface area contributed by atoms with Crippen molar-refractivity contribution in [3.8, 4) is 0 Å². The van der Waals surface area contributed by atoms with E-state index in [1.807, 2.05) is 33.3 Å². The summed E-state index contributed by atoms with van der Waals surface area (Å²) in [6, 6.07) is 0.372. The lowest BCUT2D eigenvalue weighted by atomic mass is 10.1. The van der Waals surface area contributed by atoms with E-state index in [2.05, 4.69) is 14.9 Å². The fraction of sp³-hybridized carbons (Fsp3) is 0.733. The van der Waals surface area contributed by atoms with Crippen LogP contribution in [0.25, 0.3) is 0 Å². The Hall–Kier alpha value is -1.37. The van der Waals surface area contributed by atoms with Crippen molar-refractivity contribution in [2.45, 2.75) is 51.7 Å². The number of carbonyl (C=O) groups excluding carboxylic acids is 1. The SMILES string of the molecule is CC(C)(C)OC(=O)NCCc1cncn1C1CCS(=O)CC1. The van der Waals surface area contributed by atoms with E-state index in [4.69, 9.17) is 4.74 Å². The molecular weight excluding hydrogens is 302 g/mol. The lowest BCUT2D eigenvalue weighted by Crippen LogP contribution is -2.34. The van der Waals surface area contributed by atoms with Crippen LogP contribution in [0.4, 0.5) is 4.79 Å². The lowest BCUT2D eigenvalue weighted by Gasteiger charge is -2.24. The van der Waals surface area contributed by atoms with E-state index in [0.29, 0.717) is 19.0 Å². The van der Waals surface area contributed by atoms with Crippen molar-refractivity contribution in [3.63, 3.8) is 0 Å². The largest absolute Gasteiger partial charge is 0.444 e. The average Bonchev–Trinajstić information content (AvgIpc) is 2.86. The van der Waals surface area contributed by atoms with E-state index in [-0.39, 0.29) is 0 Å². The van der Waals surface area contributed by atoms with Crippen LogP contribution in [0.15, 0.2) is 12.5 Å². The minimum Gasteiger partial charge on any atom is -0.444 e. The Bertz CT molecular complexity index is 526. The molecule has 1 fully saturated rings. The highest BCUT2D eigenvalue weighted by molar-refractivity contribution is 7.85. The van der Waals surface area contributed by atoms with Crippen molar-refractivity contribution in [2.75, 3.05) is 18.1 Å². The Labute approximate surface area is 134 Å². The zero-order chi connectivity index (χ0) is 16.2. The third-order valence-electron chi connectivity index (χ3n) is 3.55. The molecule has 0 aliphatic carbocycles. The molecule has 1 aromatic heterocycles. The van der Waals surface area contributed by atoms with Gasteiger partial charge in [0.25, 0.3) is 0 Å². The number of hydrogen-bond acceptors (Lipinski definition) is 4. The predicted molar refractivity (Wildman–Crippen MR) is 86.3 cm³/mol. The zero-order valence-electron chi connectivity index (χ0n) is 13.5. The molecule has 0 saturated carbocycles. The first-order chi connectivity index (χ1) is 10.3. The summed E-state index contributed by atoms with van der Waals surface area (Å²) < 4.78 is 18.8. The fourth-order valence-corrected chi connectivity index (χ4v) is 3.79. The Morgan fingerprint density at radius 1 is 1.45 bits per heavy atom. The van der Waals surface area contributed by atoms with Gasteiger partial charge < -0.3 is 14.6 Å². The molecule has 1 aromatic rings. The molecule has 0 spiro atoms. The van der Waals surface area contributed by atoms with Gasteiger partial charge in [-0.3, -0.25) is 4.21 Å². The normalized spacial score (nSPS) is 22.3. The fourth-order valence-electron chi connectivity index (χ4n) is 2.52. The molecule has 0 aromatic carbocycles. The molecule has 2 heterocycles. The number of amides is 1. The third-order valence-corrected chi connectivity index (χ3v) is 4.93. The van der Waals surface area contributed by atoms with E-state index >= 15 is 0 Å². The number of imidazole rings is 1. The second-order valence-electron chi connectivity index (χ2n) is 6.55. The number of rotatable bonds is 4. The molecule has 124 valence electrons. The molecule has 7 heteroatoms. The van der Waals surface area contributed by atoms with Crippen LogP contribution in [0.1, 0.15) is 45.3 Å². The number of nitrogens with zero attached hydrogens (tertiary/aromatic N) is 2. The van der Waals surface area contributed by atoms with Gasteiger partial charge in [0.2, 0.25) is 0 Å². The molecule has 1 amide bonds. The summed E-state index contributed by atoms with van der Waals surface area (Å²) in [5.74, 6) is 1.52. The summed E-state index contributed by atoms with van der Waals surface area (Å²) in [6.07, 6.45) is 5.83. The summed E-state index contributed by atoms with van der Waals surface area (Å²) in [6.45, 7) is 6.04. The van der Waals surface area contributed by atoms with Crippen molar-refractivity contribution in [3.05, 3.63) is 18.2 Å². The standard InChI is InChI=1S/C15H25N3O3S/c1-15(2,3)21-14(19)17-7-4-13-10-16-11-18(13)12-5-8-22(20)9-6-12/h10-12H,4-9H2,1-3H3,(H,17,19). The Morgan fingerprint density at radius 3 is 2.77 bits per heavy atom. The van der Waals surface area contributed by atoms with Crippen LogP contribution in [0, 0.1) is 0 Å². The Kier molecular flexibility index (Phi) is 5.61. The second-order valence-corrected chi connectivity index (χ2v) is 8.25. The van der Waals surface area contributed by atoms with Crippen LogP contribution in [-0.2, 0) is 22.0 Å². The predicted octanol–water partition coefficient (Wildman–Crippen LogP) is 2.03. The smallest absolute Gasteiger partial charge is 0.407 e. The van der Waals surface area contributed by atoms with Gasteiger partial charge in [-0.1, -0.05) is 0 Å². The molecule has 1 aliphatic rings. The number of aromatic nitrogens is 2. The first-order valence-electron chi connectivity index (χ1n) is 7.68. The van der Waals surface area contributed by atoms with Crippen LogP contribution in [0.5, 0.6) is 0 Å². The zero-order valence-corrected chi connectivity index (χ0v) is 14.3. The van der Waals surface area contributed by atoms with Gasteiger partial charge >= 0.3 is 6.09 Å². The van der Waals surface area contributed by atoms with Gasteiger partial charge in [0, 0.05) is 53.2 Å². The topological polar surface area (TPSA) is 73.2 Å². The summed E-state index contributed by atoms with van der Waals surface area (Å²) in [5, 5.41) is 2.76. The molecule has 6 nitrogen and oxygen atoms in total. The summed E-state index contributed by atoms with van der Waals surface area (Å²) >= 11 is 0. The minimum absolute atomic E-state index is 0.372. The maximum absolute atomic E-state index is 11.6.